The van der Waals surface area contributed by atoms with Crippen molar-refractivity contribution in [3.8, 4) is 0 Å². The van der Waals surface area contributed by atoms with Crippen LogP contribution in [0.5, 0.6) is 0 Å². The lowest BCUT2D eigenvalue weighted by Gasteiger charge is -2.34. The van der Waals surface area contributed by atoms with Gasteiger partial charge in [-0.05, 0) is 81.3 Å². The van der Waals surface area contributed by atoms with E-state index in [-0.39, 0.29) is 23.0 Å². The Labute approximate surface area is 234 Å². The number of benzene rings is 3. The van der Waals surface area contributed by atoms with Gasteiger partial charge in [0, 0.05) is 17.1 Å². The standard InChI is InChI=1S/C29H33ClFN3O4S/c1-5-26(28(36)32-29(2,3)4)33(19-21-11-13-22(30)14-12-21)27(35)20-34(24-9-7-6-8-10-24)39(37,38)25-17-15-23(31)16-18-25/h6-18,26H,5,19-20H2,1-4H3,(H,32,36). The Balaban J connectivity index is 2.04. The Hall–Kier alpha value is -3.43. The summed E-state index contributed by atoms with van der Waals surface area (Å²) in [5, 5.41) is 3.45. The average Bonchev–Trinajstić information content (AvgIpc) is 2.87. The summed E-state index contributed by atoms with van der Waals surface area (Å²) in [7, 11) is -4.26. The molecule has 1 N–H and O–H groups in total. The highest BCUT2D eigenvalue weighted by molar-refractivity contribution is 7.92. The topological polar surface area (TPSA) is 86.8 Å². The fraction of sp³-hybridized carbons (Fsp3) is 0.310. The predicted octanol–water partition coefficient (Wildman–Crippen LogP) is 5.40. The van der Waals surface area contributed by atoms with Crippen LogP contribution in [0, 0.1) is 5.82 Å². The van der Waals surface area contributed by atoms with Crippen molar-refractivity contribution in [2.45, 2.75) is 57.1 Å². The number of carbonyl (C=O) groups is 2. The molecule has 10 heteroatoms. The highest BCUT2D eigenvalue weighted by Crippen LogP contribution is 2.25. The minimum Gasteiger partial charge on any atom is -0.350 e. The minimum atomic E-state index is -4.26. The van der Waals surface area contributed by atoms with Gasteiger partial charge in [-0.2, -0.15) is 0 Å². The Bertz CT molecular complexity index is 1380. The third-order valence-corrected chi connectivity index (χ3v) is 7.92. The third kappa shape index (κ3) is 8.03. The Kier molecular flexibility index (Phi) is 9.74. The molecular weight excluding hydrogens is 541 g/mol. The van der Waals surface area contributed by atoms with E-state index in [4.69, 9.17) is 11.6 Å². The van der Waals surface area contributed by atoms with E-state index in [2.05, 4.69) is 5.32 Å². The van der Waals surface area contributed by atoms with E-state index in [0.29, 0.717) is 11.4 Å². The van der Waals surface area contributed by atoms with Crippen LogP contribution < -0.4 is 9.62 Å². The molecule has 0 spiro atoms. The number of carbonyl (C=O) groups excluding carboxylic acids is 2. The first kappa shape index (κ1) is 30.1. The number of nitrogens with zero attached hydrogens (tertiary/aromatic N) is 2. The monoisotopic (exact) mass is 573 g/mol. The van der Waals surface area contributed by atoms with Crippen molar-refractivity contribution in [3.63, 3.8) is 0 Å². The zero-order chi connectivity index (χ0) is 28.8. The number of rotatable bonds is 10. The van der Waals surface area contributed by atoms with Crippen molar-refractivity contribution >= 4 is 39.1 Å². The number of halogens is 2. The van der Waals surface area contributed by atoms with Gasteiger partial charge in [-0.15, -0.1) is 0 Å². The summed E-state index contributed by atoms with van der Waals surface area (Å²) >= 11 is 6.04. The second-order valence-electron chi connectivity index (χ2n) is 10.1. The summed E-state index contributed by atoms with van der Waals surface area (Å²) in [6, 6.07) is 18.6. The highest BCUT2D eigenvalue weighted by Gasteiger charge is 2.34. The van der Waals surface area contributed by atoms with Crippen LogP contribution in [0.3, 0.4) is 0 Å². The van der Waals surface area contributed by atoms with E-state index < -0.39 is 39.9 Å². The van der Waals surface area contributed by atoms with Gasteiger partial charge in [0.05, 0.1) is 10.6 Å². The smallest absolute Gasteiger partial charge is 0.264 e. The lowest BCUT2D eigenvalue weighted by molar-refractivity contribution is -0.141. The summed E-state index contributed by atoms with van der Waals surface area (Å²) < 4.78 is 41.9. The third-order valence-electron chi connectivity index (χ3n) is 5.87. The van der Waals surface area contributed by atoms with Gasteiger partial charge >= 0.3 is 0 Å². The van der Waals surface area contributed by atoms with Crippen LogP contribution in [0.4, 0.5) is 10.1 Å². The molecule has 1 atom stereocenters. The van der Waals surface area contributed by atoms with Crippen LogP contribution in [0.2, 0.25) is 5.02 Å². The van der Waals surface area contributed by atoms with Crippen molar-refractivity contribution in [2.24, 2.45) is 0 Å². The molecule has 3 aromatic rings. The summed E-state index contributed by atoms with van der Waals surface area (Å²) in [4.78, 5) is 28.5. The quantitative estimate of drug-likeness (QED) is 0.352. The molecule has 3 aromatic carbocycles. The first-order valence-electron chi connectivity index (χ1n) is 12.5. The number of nitrogens with one attached hydrogen (secondary N) is 1. The molecule has 0 fully saturated rings. The lowest BCUT2D eigenvalue weighted by atomic mass is 10.1. The maximum atomic E-state index is 14.0. The largest absolute Gasteiger partial charge is 0.350 e. The molecule has 208 valence electrons. The fourth-order valence-electron chi connectivity index (χ4n) is 4.02. The molecule has 0 radical (unpaired) electrons. The van der Waals surface area contributed by atoms with Gasteiger partial charge in [-0.3, -0.25) is 13.9 Å². The van der Waals surface area contributed by atoms with Crippen LogP contribution in [0.15, 0.2) is 83.8 Å². The van der Waals surface area contributed by atoms with E-state index in [1.165, 1.54) is 4.90 Å². The molecule has 0 aliphatic rings. The predicted molar refractivity (Wildman–Crippen MR) is 151 cm³/mol. The Morgan fingerprint density at radius 2 is 1.54 bits per heavy atom. The van der Waals surface area contributed by atoms with Crippen molar-refractivity contribution in [1.82, 2.24) is 10.2 Å². The Morgan fingerprint density at radius 3 is 2.08 bits per heavy atom. The van der Waals surface area contributed by atoms with Crippen molar-refractivity contribution in [2.75, 3.05) is 10.8 Å². The number of hydrogen-bond acceptors (Lipinski definition) is 4. The molecule has 7 nitrogen and oxygen atoms in total. The lowest BCUT2D eigenvalue weighted by Crippen LogP contribution is -2.55. The van der Waals surface area contributed by atoms with Crippen molar-refractivity contribution < 1.29 is 22.4 Å². The van der Waals surface area contributed by atoms with Crippen molar-refractivity contribution in [1.29, 1.82) is 0 Å². The summed E-state index contributed by atoms with van der Waals surface area (Å²) in [6.07, 6.45) is 0.303. The number of anilines is 1. The normalized spacial score (nSPS) is 12.5. The summed E-state index contributed by atoms with van der Waals surface area (Å²) in [6.45, 7) is 6.81. The molecule has 0 saturated heterocycles. The second kappa shape index (κ2) is 12.6. The van der Waals surface area contributed by atoms with Crippen LogP contribution >= 0.6 is 11.6 Å². The Morgan fingerprint density at radius 1 is 0.949 bits per heavy atom. The maximum absolute atomic E-state index is 14.0. The molecule has 39 heavy (non-hydrogen) atoms. The van der Waals surface area contributed by atoms with Gasteiger partial charge in [0.2, 0.25) is 11.8 Å². The van der Waals surface area contributed by atoms with Gasteiger partial charge in [0.25, 0.3) is 10.0 Å². The van der Waals surface area contributed by atoms with E-state index in [0.717, 1.165) is 34.1 Å². The zero-order valence-electron chi connectivity index (χ0n) is 22.4. The van der Waals surface area contributed by atoms with E-state index >= 15 is 0 Å². The molecular formula is C29H33ClFN3O4S. The summed E-state index contributed by atoms with van der Waals surface area (Å²) in [5.41, 5.74) is 0.442. The average molecular weight is 574 g/mol. The van der Waals surface area contributed by atoms with Crippen LogP contribution in [0.1, 0.15) is 39.7 Å². The molecule has 0 aliphatic heterocycles. The summed E-state index contributed by atoms with van der Waals surface area (Å²) in [5.74, 6) is -1.50. The number of para-hydroxylation sites is 1. The van der Waals surface area contributed by atoms with Gasteiger partial charge < -0.3 is 10.2 Å². The van der Waals surface area contributed by atoms with Gasteiger partial charge in [-0.25, -0.2) is 12.8 Å². The van der Waals surface area contributed by atoms with Gasteiger partial charge in [-0.1, -0.05) is 48.9 Å². The first-order valence-corrected chi connectivity index (χ1v) is 14.3. The molecule has 2 amide bonds. The minimum absolute atomic E-state index is 0.0608. The van der Waals surface area contributed by atoms with Crippen LogP contribution in [-0.4, -0.2) is 43.3 Å². The molecule has 3 rings (SSSR count). The fourth-order valence-corrected chi connectivity index (χ4v) is 5.56. The van der Waals surface area contributed by atoms with Crippen LogP contribution in [-0.2, 0) is 26.2 Å². The molecule has 0 aromatic heterocycles. The zero-order valence-corrected chi connectivity index (χ0v) is 24.0. The number of hydrogen-bond donors (Lipinski definition) is 1. The molecule has 0 saturated carbocycles. The molecule has 1 unspecified atom stereocenters. The van der Waals surface area contributed by atoms with Crippen molar-refractivity contribution in [3.05, 3.63) is 95.3 Å². The second-order valence-corrected chi connectivity index (χ2v) is 12.4. The molecule has 0 bridgehead atoms. The molecule has 0 aliphatic carbocycles. The number of sulfonamides is 1. The van der Waals surface area contributed by atoms with E-state index in [9.17, 15) is 22.4 Å². The van der Waals surface area contributed by atoms with Crippen LogP contribution in [0.25, 0.3) is 0 Å². The van der Waals surface area contributed by atoms with Gasteiger partial charge in [0.1, 0.15) is 18.4 Å². The highest BCUT2D eigenvalue weighted by atomic mass is 35.5. The molecule has 0 heterocycles. The first-order chi connectivity index (χ1) is 18.3. The number of amides is 2. The SMILES string of the molecule is CCC(C(=O)NC(C)(C)C)N(Cc1ccc(Cl)cc1)C(=O)CN(c1ccccc1)S(=O)(=O)c1ccc(F)cc1. The van der Waals surface area contributed by atoms with Gasteiger partial charge in [0.15, 0.2) is 0 Å². The van der Waals surface area contributed by atoms with E-state index in [1.807, 2.05) is 20.8 Å². The van der Waals surface area contributed by atoms with E-state index in [1.54, 1.807) is 61.5 Å². The maximum Gasteiger partial charge on any atom is 0.264 e.